The van der Waals surface area contributed by atoms with Crippen LogP contribution in [0.5, 0.6) is 0 Å². The Morgan fingerprint density at radius 3 is 2.47 bits per heavy atom. The van der Waals surface area contributed by atoms with Crippen LogP contribution in [0.3, 0.4) is 0 Å². The van der Waals surface area contributed by atoms with Crippen molar-refractivity contribution in [2.45, 2.75) is 11.8 Å². The van der Waals surface area contributed by atoms with Crippen LogP contribution in [0.2, 0.25) is 0 Å². The Morgan fingerprint density at radius 1 is 1.16 bits per heavy atom. The molecular weight excluding hydrogens is 322 g/mol. The molecule has 2 aromatic rings. The third-order valence-electron chi connectivity index (χ3n) is 2.79. The van der Waals surface area contributed by atoms with E-state index in [0.29, 0.717) is 5.56 Å². The van der Waals surface area contributed by atoms with Gasteiger partial charge in [0.1, 0.15) is 0 Å². The number of rotatable bonds is 3. The summed E-state index contributed by atoms with van der Waals surface area (Å²) in [5, 5.41) is 2.91. The van der Waals surface area contributed by atoms with Gasteiger partial charge in [-0.2, -0.15) is 0 Å². The maximum absolute atomic E-state index is 12.1. The molecule has 2 rings (SSSR count). The van der Waals surface area contributed by atoms with Gasteiger partial charge in [-0.25, -0.2) is 0 Å². The van der Waals surface area contributed by atoms with E-state index >= 15 is 0 Å². The van der Waals surface area contributed by atoms with Gasteiger partial charge in [-0.15, -0.1) is 11.8 Å². The third kappa shape index (κ3) is 3.39. The molecular formula is C15H14BrNOS. The lowest BCUT2D eigenvalue weighted by atomic mass is 10.2. The van der Waals surface area contributed by atoms with Crippen LogP contribution in [0, 0.1) is 6.92 Å². The summed E-state index contributed by atoms with van der Waals surface area (Å²) < 4.78 is 0.920. The van der Waals surface area contributed by atoms with Crippen molar-refractivity contribution in [3.8, 4) is 0 Å². The van der Waals surface area contributed by atoms with Crippen LogP contribution in [0.4, 0.5) is 5.69 Å². The predicted octanol–water partition coefficient (Wildman–Crippen LogP) is 4.73. The van der Waals surface area contributed by atoms with Gasteiger partial charge < -0.3 is 5.32 Å². The molecule has 1 N–H and O–H groups in total. The summed E-state index contributed by atoms with van der Waals surface area (Å²) in [5.41, 5.74) is 2.54. The van der Waals surface area contributed by atoms with Gasteiger partial charge in [0.05, 0.1) is 5.69 Å². The highest BCUT2D eigenvalue weighted by molar-refractivity contribution is 9.10. The zero-order valence-corrected chi connectivity index (χ0v) is 13.1. The second-order valence-electron chi connectivity index (χ2n) is 4.12. The standard InChI is InChI=1S/C15H14BrNOS/c1-10-4-3-5-13(14(10)16)17-15(18)11-6-8-12(19-2)9-7-11/h3-9H,1-2H3,(H,17,18). The first-order valence-electron chi connectivity index (χ1n) is 5.82. The topological polar surface area (TPSA) is 29.1 Å². The van der Waals surface area contributed by atoms with Crippen molar-refractivity contribution >= 4 is 39.3 Å². The molecule has 2 nitrogen and oxygen atoms in total. The van der Waals surface area contributed by atoms with E-state index in [1.807, 2.05) is 55.6 Å². The minimum Gasteiger partial charge on any atom is -0.321 e. The molecule has 0 heterocycles. The average molecular weight is 336 g/mol. The summed E-state index contributed by atoms with van der Waals surface area (Å²) in [4.78, 5) is 13.3. The van der Waals surface area contributed by atoms with Crippen LogP contribution in [-0.2, 0) is 0 Å². The van der Waals surface area contributed by atoms with E-state index < -0.39 is 0 Å². The smallest absolute Gasteiger partial charge is 0.255 e. The van der Waals surface area contributed by atoms with Crippen molar-refractivity contribution in [3.63, 3.8) is 0 Å². The summed E-state index contributed by atoms with van der Waals surface area (Å²) in [6, 6.07) is 13.4. The fraction of sp³-hybridized carbons (Fsp3) is 0.133. The molecule has 98 valence electrons. The number of anilines is 1. The van der Waals surface area contributed by atoms with Gasteiger partial charge in [0.25, 0.3) is 5.91 Å². The van der Waals surface area contributed by atoms with Gasteiger partial charge in [0.2, 0.25) is 0 Å². The Labute approximate surface area is 125 Å². The number of hydrogen-bond acceptors (Lipinski definition) is 2. The van der Waals surface area contributed by atoms with Crippen molar-refractivity contribution in [2.24, 2.45) is 0 Å². The van der Waals surface area contributed by atoms with Gasteiger partial charge in [-0.1, -0.05) is 12.1 Å². The van der Waals surface area contributed by atoms with Gasteiger partial charge in [-0.05, 0) is 65.0 Å². The van der Waals surface area contributed by atoms with Crippen molar-refractivity contribution < 1.29 is 4.79 Å². The number of nitrogens with one attached hydrogen (secondary N) is 1. The van der Waals surface area contributed by atoms with Crippen LogP contribution in [0.15, 0.2) is 51.8 Å². The number of carbonyl (C=O) groups excluding carboxylic acids is 1. The maximum Gasteiger partial charge on any atom is 0.255 e. The van der Waals surface area contributed by atoms with Gasteiger partial charge in [0.15, 0.2) is 0 Å². The largest absolute Gasteiger partial charge is 0.321 e. The van der Waals surface area contributed by atoms with Crippen LogP contribution in [0.25, 0.3) is 0 Å². The van der Waals surface area contributed by atoms with Crippen LogP contribution in [-0.4, -0.2) is 12.2 Å². The SMILES string of the molecule is CSc1ccc(C(=O)Nc2cccc(C)c2Br)cc1. The number of amides is 1. The summed E-state index contributed by atoms with van der Waals surface area (Å²) in [7, 11) is 0. The molecule has 0 saturated heterocycles. The van der Waals surface area contributed by atoms with Crippen molar-refractivity contribution in [1.82, 2.24) is 0 Å². The Hall–Kier alpha value is -1.26. The van der Waals surface area contributed by atoms with Gasteiger partial charge >= 0.3 is 0 Å². The lowest BCUT2D eigenvalue weighted by Crippen LogP contribution is -2.12. The fourth-order valence-electron chi connectivity index (χ4n) is 1.68. The zero-order chi connectivity index (χ0) is 13.8. The van der Waals surface area contributed by atoms with Crippen molar-refractivity contribution in [3.05, 3.63) is 58.1 Å². The zero-order valence-electron chi connectivity index (χ0n) is 10.7. The van der Waals surface area contributed by atoms with E-state index in [2.05, 4.69) is 21.2 Å². The lowest BCUT2D eigenvalue weighted by molar-refractivity contribution is 0.102. The number of benzene rings is 2. The highest BCUT2D eigenvalue weighted by atomic mass is 79.9. The number of hydrogen-bond donors (Lipinski definition) is 1. The monoisotopic (exact) mass is 335 g/mol. The number of thioether (sulfide) groups is 1. The molecule has 0 aromatic heterocycles. The van der Waals surface area contributed by atoms with E-state index in [1.54, 1.807) is 11.8 Å². The molecule has 0 unspecified atom stereocenters. The van der Waals surface area contributed by atoms with Crippen LogP contribution < -0.4 is 5.32 Å². The van der Waals surface area contributed by atoms with E-state index in [9.17, 15) is 4.79 Å². The minimum absolute atomic E-state index is 0.0982. The average Bonchev–Trinajstić information content (AvgIpc) is 2.44. The Balaban J connectivity index is 2.18. The fourth-order valence-corrected chi connectivity index (χ4v) is 2.45. The molecule has 0 spiro atoms. The number of halogens is 1. The van der Waals surface area contributed by atoms with Crippen molar-refractivity contribution in [2.75, 3.05) is 11.6 Å². The van der Waals surface area contributed by atoms with Gasteiger partial charge in [0, 0.05) is 14.9 Å². The van der Waals surface area contributed by atoms with E-state index in [4.69, 9.17) is 0 Å². The third-order valence-corrected chi connectivity index (χ3v) is 4.59. The maximum atomic E-state index is 12.1. The first-order valence-corrected chi connectivity index (χ1v) is 7.84. The van der Waals surface area contributed by atoms with E-state index in [1.165, 1.54) is 0 Å². The van der Waals surface area contributed by atoms with Gasteiger partial charge in [-0.3, -0.25) is 4.79 Å². The molecule has 4 heteroatoms. The first kappa shape index (κ1) is 14.2. The summed E-state index contributed by atoms with van der Waals surface area (Å²) >= 11 is 5.14. The quantitative estimate of drug-likeness (QED) is 0.821. The summed E-state index contributed by atoms with van der Waals surface area (Å²) in [6.07, 6.45) is 2.01. The predicted molar refractivity (Wildman–Crippen MR) is 85.1 cm³/mol. The molecule has 0 saturated carbocycles. The number of aryl methyl sites for hydroxylation is 1. The van der Waals surface area contributed by atoms with Crippen LogP contribution in [0.1, 0.15) is 15.9 Å². The summed E-state index contributed by atoms with van der Waals surface area (Å²) in [6.45, 7) is 1.99. The van der Waals surface area contributed by atoms with E-state index in [-0.39, 0.29) is 5.91 Å². The number of carbonyl (C=O) groups is 1. The van der Waals surface area contributed by atoms with E-state index in [0.717, 1.165) is 20.6 Å². The van der Waals surface area contributed by atoms with Crippen LogP contribution >= 0.6 is 27.7 Å². The molecule has 0 radical (unpaired) electrons. The first-order chi connectivity index (χ1) is 9.11. The molecule has 19 heavy (non-hydrogen) atoms. The second kappa shape index (κ2) is 6.26. The molecule has 0 aliphatic carbocycles. The normalized spacial score (nSPS) is 10.3. The molecule has 2 aromatic carbocycles. The minimum atomic E-state index is -0.0982. The lowest BCUT2D eigenvalue weighted by Gasteiger charge is -2.09. The molecule has 0 atom stereocenters. The Bertz CT molecular complexity index is 596. The summed E-state index contributed by atoms with van der Waals surface area (Å²) in [5.74, 6) is -0.0982. The second-order valence-corrected chi connectivity index (χ2v) is 5.79. The molecule has 1 amide bonds. The Morgan fingerprint density at radius 2 is 1.84 bits per heavy atom. The molecule has 0 bridgehead atoms. The van der Waals surface area contributed by atoms with Crippen molar-refractivity contribution in [1.29, 1.82) is 0 Å². The molecule has 0 aliphatic heterocycles. The highest BCUT2D eigenvalue weighted by Gasteiger charge is 2.09. The molecule has 0 aliphatic rings. The Kier molecular flexibility index (Phi) is 4.66. The molecule has 0 fully saturated rings. The highest BCUT2D eigenvalue weighted by Crippen LogP contribution is 2.26.